The van der Waals surface area contributed by atoms with Crippen LogP contribution in [0, 0.1) is 0 Å². The SMILES string of the molecule is CC[C@@H](NC(=O)[C@H](C)Oc1ccc(C(C)(C)C)cc1)c1ccc(OC)c(OC)c1. The van der Waals surface area contributed by atoms with Crippen LogP contribution in [0.1, 0.15) is 58.2 Å². The van der Waals surface area contributed by atoms with Crippen LogP contribution in [0.3, 0.4) is 0 Å². The van der Waals surface area contributed by atoms with E-state index < -0.39 is 6.10 Å². The highest BCUT2D eigenvalue weighted by atomic mass is 16.5. The van der Waals surface area contributed by atoms with Gasteiger partial charge in [-0.2, -0.15) is 0 Å². The van der Waals surface area contributed by atoms with Crippen LogP contribution in [0.2, 0.25) is 0 Å². The maximum Gasteiger partial charge on any atom is 0.261 e. The van der Waals surface area contributed by atoms with Gasteiger partial charge in [0.2, 0.25) is 0 Å². The van der Waals surface area contributed by atoms with Crippen molar-refractivity contribution in [2.24, 2.45) is 0 Å². The molecule has 0 spiro atoms. The summed E-state index contributed by atoms with van der Waals surface area (Å²) in [4.78, 5) is 12.7. The fourth-order valence-electron chi connectivity index (χ4n) is 3.07. The standard InChI is InChI=1S/C24H33NO4/c1-8-20(17-9-14-21(27-6)22(15-17)28-7)25-23(26)16(2)29-19-12-10-18(11-13-19)24(3,4)5/h9-16,20H,8H2,1-7H3,(H,25,26)/t16-,20+/m0/s1. The smallest absolute Gasteiger partial charge is 0.261 e. The van der Waals surface area contributed by atoms with Gasteiger partial charge in [-0.15, -0.1) is 0 Å². The Bertz CT molecular complexity index is 809. The Balaban J connectivity index is 2.05. The van der Waals surface area contributed by atoms with Crippen molar-refractivity contribution in [3.05, 3.63) is 53.6 Å². The molecule has 158 valence electrons. The Morgan fingerprint density at radius 3 is 2.14 bits per heavy atom. The highest BCUT2D eigenvalue weighted by molar-refractivity contribution is 5.81. The number of carbonyl (C=O) groups excluding carboxylic acids is 1. The monoisotopic (exact) mass is 399 g/mol. The summed E-state index contributed by atoms with van der Waals surface area (Å²) in [6.45, 7) is 10.3. The summed E-state index contributed by atoms with van der Waals surface area (Å²) in [5, 5.41) is 3.07. The molecule has 0 radical (unpaired) electrons. The number of methoxy groups -OCH3 is 2. The Kier molecular flexibility index (Phi) is 7.54. The van der Waals surface area contributed by atoms with Gasteiger partial charge in [-0.1, -0.05) is 45.9 Å². The molecule has 2 aromatic carbocycles. The molecule has 0 saturated heterocycles. The number of benzene rings is 2. The van der Waals surface area contributed by atoms with E-state index in [0.717, 1.165) is 12.0 Å². The minimum atomic E-state index is -0.607. The maximum atomic E-state index is 12.7. The van der Waals surface area contributed by atoms with Crippen LogP contribution in [0.4, 0.5) is 0 Å². The van der Waals surface area contributed by atoms with Crippen molar-refractivity contribution in [3.8, 4) is 17.2 Å². The van der Waals surface area contributed by atoms with E-state index in [4.69, 9.17) is 14.2 Å². The Hall–Kier alpha value is -2.69. The van der Waals surface area contributed by atoms with E-state index in [-0.39, 0.29) is 17.4 Å². The first-order valence-electron chi connectivity index (χ1n) is 9.99. The number of amides is 1. The van der Waals surface area contributed by atoms with Crippen molar-refractivity contribution in [2.45, 2.75) is 58.6 Å². The number of hydrogen-bond acceptors (Lipinski definition) is 4. The van der Waals surface area contributed by atoms with Gasteiger partial charge in [0.25, 0.3) is 5.91 Å². The Morgan fingerprint density at radius 1 is 1.00 bits per heavy atom. The summed E-state index contributed by atoms with van der Waals surface area (Å²) in [5.41, 5.74) is 2.26. The molecule has 0 heterocycles. The van der Waals surface area contributed by atoms with E-state index >= 15 is 0 Å². The summed E-state index contributed by atoms with van der Waals surface area (Å²) >= 11 is 0. The maximum absolute atomic E-state index is 12.7. The lowest BCUT2D eigenvalue weighted by Gasteiger charge is -2.22. The molecule has 1 amide bonds. The minimum absolute atomic E-state index is 0.0787. The second-order valence-corrected chi connectivity index (χ2v) is 8.12. The van der Waals surface area contributed by atoms with Gasteiger partial charge in [-0.05, 0) is 54.2 Å². The average molecular weight is 400 g/mol. The zero-order valence-corrected chi connectivity index (χ0v) is 18.5. The van der Waals surface area contributed by atoms with Crippen LogP contribution in [0.25, 0.3) is 0 Å². The van der Waals surface area contributed by atoms with Crippen molar-refractivity contribution < 1.29 is 19.0 Å². The molecule has 1 N–H and O–H groups in total. The predicted octanol–water partition coefficient (Wildman–Crippen LogP) is 5.04. The topological polar surface area (TPSA) is 56.8 Å². The molecular formula is C24H33NO4. The van der Waals surface area contributed by atoms with Crippen molar-refractivity contribution in [1.29, 1.82) is 0 Å². The lowest BCUT2D eigenvalue weighted by Crippen LogP contribution is -2.38. The summed E-state index contributed by atoms with van der Waals surface area (Å²) in [5.74, 6) is 1.82. The number of hydrogen-bond donors (Lipinski definition) is 1. The highest BCUT2D eigenvalue weighted by Crippen LogP contribution is 2.31. The Labute approximate surface area is 174 Å². The first-order chi connectivity index (χ1) is 13.7. The molecular weight excluding hydrogens is 366 g/mol. The zero-order valence-electron chi connectivity index (χ0n) is 18.5. The van der Waals surface area contributed by atoms with E-state index in [1.54, 1.807) is 21.1 Å². The third-order valence-corrected chi connectivity index (χ3v) is 4.94. The van der Waals surface area contributed by atoms with Crippen LogP contribution >= 0.6 is 0 Å². The number of ether oxygens (including phenoxy) is 3. The second kappa shape index (κ2) is 9.68. The van der Waals surface area contributed by atoms with Gasteiger partial charge in [0.15, 0.2) is 17.6 Å². The molecule has 5 nitrogen and oxygen atoms in total. The first kappa shape index (κ1) is 22.6. The molecule has 0 saturated carbocycles. The van der Waals surface area contributed by atoms with Crippen LogP contribution in [0.5, 0.6) is 17.2 Å². The van der Waals surface area contributed by atoms with E-state index in [0.29, 0.717) is 17.2 Å². The molecule has 5 heteroatoms. The lowest BCUT2D eigenvalue weighted by molar-refractivity contribution is -0.128. The molecule has 0 aliphatic heterocycles. The van der Waals surface area contributed by atoms with E-state index in [9.17, 15) is 4.79 Å². The number of carbonyl (C=O) groups is 1. The van der Waals surface area contributed by atoms with E-state index in [1.807, 2.05) is 49.4 Å². The first-order valence-corrected chi connectivity index (χ1v) is 9.99. The summed E-state index contributed by atoms with van der Waals surface area (Å²) in [7, 11) is 3.20. The molecule has 0 fully saturated rings. The van der Waals surface area contributed by atoms with Gasteiger partial charge >= 0.3 is 0 Å². The summed E-state index contributed by atoms with van der Waals surface area (Å²) < 4.78 is 16.5. The fourth-order valence-corrected chi connectivity index (χ4v) is 3.07. The van der Waals surface area contributed by atoms with Gasteiger partial charge in [-0.3, -0.25) is 4.79 Å². The molecule has 0 aliphatic carbocycles. The summed E-state index contributed by atoms with van der Waals surface area (Å²) in [6.07, 6.45) is 0.137. The van der Waals surface area contributed by atoms with Gasteiger partial charge < -0.3 is 19.5 Å². The van der Waals surface area contributed by atoms with Gasteiger partial charge in [0.05, 0.1) is 20.3 Å². The highest BCUT2D eigenvalue weighted by Gasteiger charge is 2.21. The number of nitrogens with one attached hydrogen (secondary N) is 1. The largest absolute Gasteiger partial charge is 0.493 e. The van der Waals surface area contributed by atoms with Gasteiger partial charge in [-0.25, -0.2) is 0 Å². The van der Waals surface area contributed by atoms with Crippen LogP contribution < -0.4 is 19.5 Å². The lowest BCUT2D eigenvalue weighted by atomic mass is 9.87. The summed E-state index contributed by atoms with van der Waals surface area (Å²) in [6, 6.07) is 13.4. The minimum Gasteiger partial charge on any atom is -0.493 e. The van der Waals surface area contributed by atoms with Crippen molar-refractivity contribution in [2.75, 3.05) is 14.2 Å². The molecule has 2 aromatic rings. The third kappa shape index (κ3) is 5.89. The van der Waals surface area contributed by atoms with Crippen molar-refractivity contribution >= 4 is 5.91 Å². The van der Waals surface area contributed by atoms with Gasteiger partial charge in [0, 0.05) is 0 Å². The molecule has 2 rings (SSSR count). The normalized spacial score (nSPS) is 13.3. The fraction of sp³-hybridized carbons (Fsp3) is 0.458. The second-order valence-electron chi connectivity index (χ2n) is 8.12. The molecule has 0 aromatic heterocycles. The van der Waals surface area contributed by atoms with E-state index in [1.165, 1.54) is 5.56 Å². The zero-order chi connectivity index (χ0) is 21.6. The van der Waals surface area contributed by atoms with Crippen LogP contribution in [-0.2, 0) is 10.2 Å². The van der Waals surface area contributed by atoms with Gasteiger partial charge in [0.1, 0.15) is 5.75 Å². The number of rotatable bonds is 8. The van der Waals surface area contributed by atoms with Crippen molar-refractivity contribution in [1.82, 2.24) is 5.32 Å². The molecule has 2 atom stereocenters. The quantitative estimate of drug-likeness (QED) is 0.676. The average Bonchev–Trinajstić information content (AvgIpc) is 2.70. The molecule has 0 aliphatic rings. The van der Waals surface area contributed by atoms with Crippen LogP contribution in [0.15, 0.2) is 42.5 Å². The predicted molar refractivity (Wildman–Crippen MR) is 116 cm³/mol. The molecule has 0 bridgehead atoms. The van der Waals surface area contributed by atoms with Crippen LogP contribution in [-0.4, -0.2) is 26.2 Å². The third-order valence-electron chi connectivity index (χ3n) is 4.94. The van der Waals surface area contributed by atoms with Crippen molar-refractivity contribution in [3.63, 3.8) is 0 Å². The molecule has 0 unspecified atom stereocenters. The Morgan fingerprint density at radius 2 is 1.62 bits per heavy atom. The molecule has 29 heavy (non-hydrogen) atoms. The van der Waals surface area contributed by atoms with E-state index in [2.05, 4.69) is 26.1 Å².